The van der Waals surface area contributed by atoms with E-state index in [2.05, 4.69) is 11.4 Å². The lowest BCUT2D eigenvalue weighted by molar-refractivity contribution is -0.122. The third kappa shape index (κ3) is 3.71. The van der Waals surface area contributed by atoms with Crippen molar-refractivity contribution >= 4 is 16.8 Å². The number of hydrogen-bond acceptors (Lipinski definition) is 4. The molecule has 30 heavy (non-hydrogen) atoms. The molecule has 1 amide bonds. The lowest BCUT2D eigenvalue weighted by Gasteiger charge is -2.20. The number of hydrogen-bond donors (Lipinski definition) is 1. The predicted molar refractivity (Wildman–Crippen MR) is 115 cm³/mol. The average molecular weight is 403 g/mol. The summed E-state index contributed by atoms with van der Waals surface area (Å²) in [7, 11) is 0. The second kappa shape index (κ2) is 8.50. The summed E-state index contributed by atoms with van der Waals surface area (Å²) >= 11 is 0. The van der Waals surface area contributed by atoms with Crippen LogP contribution in [0.5, 0.6) is 11.5 Å². The van der Waals surface area contributed by atoms with Crippen LogP contribution in [-0.2, 0) is 11.3 Å². The molecule has 1 atom stereocenters. The minimum atomic E-state index is -0.132. The first-order chi connectivity index (χ1) is 14.6. The fraction of sp³-hybridized carbons (Fsp3) is 0.333. The number of nitrogens with zero attached hydrogens (tertiary/aromatic N) is 2. The van der Waals surface area contributed by atoms with Gasteiger partial charge in [-0.2, -0.15) is 5.26 Å². The molecule has 0 bridgehead atoms. The van der Waals surface area contributed by atoms with Gasteiger partial charge < -0.3 is 19.4 Å². The zero-order valence-corrected chi connectivity index (χ0v) is 17.3. The minimum absolute atomic E-state index is 0.0951. The first-order valence-corrected chi connectivity index (χ1v) is 10.3. The smallest absolute Gasteiger partial charge is 0.240 e. The molecule has 2 aromatic carbocycles. The Morgan fingerprint density at radius 3 is 2.73 bits per heavy atom. The molecular formula is C24H25N3O3. The number of nitrogens with one attached hydrogen (secondary N) is 1. The topological polar surface area (TPSA) is 76.3 Å². The van der Waals surface area contributed by atoms with Crippen molar-refractivity contribution in [3.63, 3.8) is 0 Å². The summed E-state index contributed by atoms with van der Waals surface area (Å²) in [6.45, 7) is 5.36. The SMILES string of the molecule is CC[C@H](NC(=O)Cn1c(C)c(C#N)c2ccccc21)c1ccc2c(c1)OCCCO2. The number of para-hydroxylation sites is 1. The van der Waals surface area contributed by atoms with E-state index in [0.29, 0.717) is 18.8 Å². The zero-order valence-electron chi connectivity index (χ0n) is 17.3. The molecule has 1 N–H and O–H groups in total. The van der Waals surface area contributed by atoms with Crippen LogP contribution in [-0.4, -0.2) is 23.7 Å². The van der Waals surface area contributed by atoms with Crippen molar-refractivity contribution in [3.05, 3.63) is 59.3 Å². The van der Waals surface area contributed by atoms with Gasteiger partial charge in [-0.3, -0.25) is 4.79 Å². The van der Waals surface area contributed by atoms with Crippen molar-refractivity contribution in [1.82, 2.24) is 9.88 Å². The van der Waals surface area contributed by atoms with Gasteiger partial charge in [0, 0.05) is 17.5 Å². The van der Waals surface area contributed by atoms with E-state index in [0.717, 1.165) is 46.5 Å². The van der Waals surface area contributed by atoms with E-state index < -0.39 is 0 Å². The Hall–Kier alpha value is -3.46. The fourth-order valence-corrected chi connectivity index (χ4v) is 3.98. The highest BCUT2D eigenvalue weighted by Crippen LogP contribution is 2.33. The highest BCUT2D eigenvalue weighted by Gasteiger charge is 2.19. The Morgan fingerprint density at radius 2 is 1.97 bits per heavy atom. The molecule has 2 heterocycles. The van der Waals surface area contributed by atoms with Gasteiger partial charge in [-0.25, -0.2) is 0 Å². The first-order valence-electron chi connectivity index (χ1n) is 10.3. The summed E-state index contributed by atoms with van der Waals surface area (Å²) in [4.78, 5) is 12.9. The van der Waals surface area contributed by atoms with E-state index >= 15 is 0 Å². The predicted octanol–water partition coefficient (Wildman–Crippen LogP) is 4.25. The van der Waals surface area contributed by atoms with E-state index in [4.69, 9.17) is 9.47 Å². The van der Waals surface area contributed by atoms with Crippen molar-refractivity contribution in [2.75, 3.05) is 13.2 Å². The summed E-state index contributed by atoms with van der Waals surface area (Å²) < 4.78 is 13.4. The number of carbonyl (C=O) groups is 1. The molecule has 4 rings (SSSR count). The molecule has 1 aliphatic rings. The molecule has 0 saturated carbocycles. The maximum atomic E-state index is 12.9. The lowest BCUT2D eigenvalue weighted by atomic mass is 10.0. The number of amides is 1. The van der Waals surface area contributed by atoms with Crippen molar-refractivity contribution in [3.8, 4) is 17.6 Å². The zero-order chi connectivity index (χ0) is 21.1. The Bertz CT molecular complexity index is 1130. The van der Waals surface area contributed by atoms with Crippen LogP contribution in [0.25, 0.3) is 10.9 Å². The van der Waals surface area contributed by atoms with Crippen molar-refractivity contribution in [1.29, 1.82) is 5.26 Å². The monoisotopic (exact) mass is 403 g/mol. The number of aromatic nitrogens is 1. The van der Waals surface area contributed by atoms with Crippen molar-refractivity contribution in [2.45, 2.75) is 39.3 Å². The van der Waals surface area contributed by atoms with Crippen LogP contribution in [0.1, 0.15) is 42.6 Å². The third-order valence-corrected chi connectivity index (χ3v) is 5.56. The molecule has 3 aromatic rings. The van der Waals surface area contributed by atoms with Gasteiger partial charge in [-0.1, -0.05) is 31.2 Å². The van der Waals surface area contributed by atoms with Crippen LogP contribution in [0, 0.1) is 18.3 Å². The summed E-state index contributed by atoms with van der Waals surface area (Å²) in [5.41, 5.74) is 3.30. The summed E-state index contributed by atoms with van der Waals surface area (Å²) in [5, 5.41) is 13.5. The van der Waals surface area contributed by atoms with Crippen LogP contribution < -0.4 is 14.8 Å². The number of carbonyl (C=O) groups excluding carboxylic acids is 1. The number of nitriles is 1. The number of benzene rings is 2. The van der Waals surface area contributed by atoms with Gasteiger partial charge in [0.05, 0.1) is 30.3 Å². The normalized spacial score (nSPS) is 14.0. The Morgan fingerprint density at radius 1 is 1.20 bits per heavy atom. The first kappa shape index (κ1) is 19.8. The summed E-state index contributed by atoms with van der Waals surface area (Å²) in [6, 6.07) is 15.7. The number of ether oxygens (including phenoxy) is 2. The molecule has 0 spiro atoms. The quantitative estimate of drug-likeness (QED) is 0.691. The molecule has 1 aromatic heterocycles. The number of fused-ring (bicyclic) bond motifs is 2. The van der Waals surface area contributed by atoms with Crippen LogP contribution in [0.4, 0.5) is 0 Å². The number of rotatable bonds is 5. The van der Waals surface area contributed by atoms with Crippen molar-refractivity contribution in [2.24, 2.45) is 0 Å². The highest BCUT2D eigenvalue weighted by atomic mass is 16.5. The Kier molecular flexibility index (Phi) is 5.62. The second-order valence-electron chi connectivity index (χ2n) is 7.46. The van der Waals surface area contributed by atoms with Gasteiger partial charge in [0.1, 0.15) is 12.6 Å². The van der Waals surface area contributed by atoms with Gasteiger partial charge in [0.25, 0.3) is 0 Å². The lowest BCUT2D eigenvalue weighted by Crippen LogP contribution is -2.31. The summed E-state index contributed by atoms with van der Waals surface area (Å²) in [5.74, 6) is 1.38. The molecular weight excluding hydrogens is 378 g/mol. The molecule has 0 unspecified atom stereocenters. The van der Waals surface area contributed by atoms with E-state index in [1.807, 2.05) is 60.9 Å². The highest BCUT2D eigenvalue weighted by molar-refractivity contribution is 5.89. The minimum Gasteiger partial charge on any atom is -0.490 e. The molecule has 154 valence electrons. The molecule has 0 aliphatic carbocycles. The third-order valence-electron chi connectivity index (χ3n) is 5.56. The van der Waals surface area contributed by atoms with E-state index in [1.54, 1.807) is 0 Å². The van der Waals surface area contributed by atoms with Crippen LogP contribution in [0.3, 0.4) is 0 Å². The van der Waals surface area contributed by atoms with Gasteiger partial charge in [0.2, 0.25) is 5.91 Å². The van der Waals surface area contributed by atoms with E-state index in [1.165, 1.54) is 0 Å². The standard InChI is InChI=1S/C24H25N3O3/c1-3-20(17-9-10-22-23(13-17)30-12-6-11-29-22)26-24(28)15-27-16(2)19(14-25)18-7-4-5-8-21(18)27/h4-5,7-10,13,20H,3,6,11-12,15H2,1-2H3,(H,26,28)/t20-/m0/s1. The van der Waals surface area contributed by atoms with E-state index in [9.17, 15) is 10.1 Å². The Balaban J connectivity index is 1.55. The molecule has 1 aliphatic heterocycles. The fourth-order valence-electron chi connectivity index (χ4n) is 3.98. The van der Waals surface area contributed by atoms with Gasteiger partial charge in [-0.05, 0) is 37.1 Å². The van der Waals surface area contributed by atoms with Gasteiger partial charge >= 0.3 is 0 Å². The largest absolute Gasteiger partial charge is 0.490 e. The summed E-state index contributed by atoms with van der Waals surface area (Å²) in [6.07, 6.45) is 1.60. The molecule has 6 heteroatoms. The molecule has 6 nitrogen and oxygen atoms in total. The maximum Gasteiger partial charge on any atom is 0.240 e. The van der Waals surface area contributed by atoms with Crippen LogP contribution >= 0.6 is 0 Å². The van der Waals surface area contributed by atoms with Crippen molar-refractivity contribution < 1.29 is 14.3 Å². The van der Waals surface area contributed by atoms with Crippen LogP contribution in [0.2, 0.25) is 0 Å². The molecule has 0 radical (unpaired) electrons. The average Bonchev–Trinajstić information content (AvgIpc) is 2.90. The maximum absolute atomic E-state index is 12.9. The molecule has 0 fully saturated rings. The van der Waals surface area contributed by atoms with Gasteiger partial charge in [-0.15, -0.1) is 0 Å². The second-order valence-corrected chi connectivity index (χ2v) is 7.46. The molecule has 0 saturated heterocycles. The van der Waals surface area contributed by atoms with E-state index in [-0.39, 0.29) is 18.5 Å². The van der Waals surface area contributed by atoms with Gasteiger partial charge in [0.15, 0.2) is 11.5 Å². The Labute approximate surface area is 176 Å². The van der Waals surface area contributed by atoms with Crippen LogP contribution in [0.15, 0.2) is 42.5 Å².